The number of hydrogen-bond donors (Lipinski definition) is 0. The highest BCUT2D eigenvalue weighted by molar-refractivity contribution is 8.13. The lowest BCUT2D eigenvalue weighted by Gasteiger charge is -2.34. The molecule has 2 atom stereocenters. The molecule has 1 aromatic heterocycles. The first-order chi connectivity index (χ1) is 9.88. The van der Waals surface area contributed by atoms with Crippen molar-refractivity contribution in [3.05, 3.63) is 22.8 Å². The zero-order valence-electron chi connectivity index (χ0n) is 10.8. The van der Waals surface area contributed by atoms with Crippen LogP contribution in [0.1, 0.15) is 23.3 Å². The highest BCUT2D eigenvalue weighted by Gasteiger charge is 2.41. The van der Waals surface area contributed by atoms with Crippen LogP contribution in [0.3, 0.4) is 0 Å². The van der Waals surface area contributed by atoms with Crippen LogP contribution in [0.25, 0.3) is 0 Å². The average Bonchev–Trinajstić information content (AvgIpc) is 2.66. The van der Waals surface area contributed by atoms with E-state index in [1.54, 1.807) is 4.90 Å². The van der Waals surface area contributed by atoms with E-state index in [2.05, 4.69) is 4.98 Å². The zero-order chi connectivity index (χ0) is 15.2. The Balaban J connectivity index is 1.98. The molecule has 21 heavy (non-hydrogen) atoms. The van der Waals surface area contributed by atoms with Crippen molar-refractivity contribution in [2.24, 2.45) is 0 Å². The third-order valence-corrected chi connectivity index (χ3v) is 5.25. The van der Waals surface area contributed by atoms with E-state index in [9.17, 15) is 13.2 Å². The van der Waals surface area contributed by atoms with Crippen molar-refractivity contribution in [3.8, 4) is 0 Å². The van der Waals surface area contributed by atoms with Gasteiger partial charge in [-0.15, -0.1) is 0 Å². The van der Waals surface area contributed by atoms with E-state index < -0.39 is 9.05 Å². The van der Waals surface area contributed by atoms with Gasteiger partial charge in [0.1, 0.15) is 5.69 Å². The van der Waals surface area contributed by atoms with E-state index in [1.807, 2.05) is 0 Å². The monoisotopic (exact) mass is 350 g/mol. The molecule has 2 aliphatic rings. The average molecular weight is 351 g/mol. The lowest BCUT2D eigenvalue weighted by atomic mass is 10.2. The van der Waals surface area contributed by atoms with E-state index >= 15 is 0 Å². The number of halogens is 2. The van der Waals surface area contributed by atoms with Gasteiger partial charge in [-0.1, -0.05) is 11.6 Å². The van der Waals surface area contributed by atoms with E-state index in [1.165, 1.54) is 12.1 Å². The number of pyridine rings is 1. The van der Waals surface area contributed by atoms with Crippen LogP contribution in [-0.4, -0.2) is 49.5 Å². The molecule has 6 nitrogen and oxygen atoms in total. The summed E-state index contributed by atoms with van der Waals surface area (Å²) in [7, 11) is 1.25. The maximum atomic E-state index is 12.6. The van der Waals surface area contributed by atoms with Crippen LogP contribution in [0, 0.1) is 0 Å². The molecule has 0 aliphatic carbocycles. The maximum Gasteiger partial charge on any atom is 0.278 e. The molecule has 2 aliphatic heterocycles. The fraction of sp³-hybridized carbons (Fsp3) is 0.500. The SMILES string of the molecule is O=C(c1nc(S(=O)(=O)Cl)ccc1Cl)N1C2CCC1COC2. The smallest absolute Gasteiger partial charge is 0.278 e. The van der Waals surface area contributed by atoms with Gasteiger partial charge in [0.25, 0.3) is 15.0 Å². The van der Waals surface area contributed by atoms with Gasteiger partial charge in [-0.3, -0.25) is 4.79 Å². The normalized spacial score (nSPS) is 25.1. The molecule has 2 fully saturated rings. The second-order valence-electron chi connectivity index (χ2n) is 5.05. The largest absolute Gasteiger partial charge is 0.377 e. The fourth-order valence-corrected chi connectivity index (χ4v) is 3.67. The summed E-state index contributed by atoms with van der Waals surface area (Å²) >= 11 is 6.00. The second-order valence-corrected chi connectivity index (χ2v) is 7.97. The number of aromatic nitrogens is 1. The highest BCUT2D eigenvalue weighted by Crippen LogP contribution is 2.31. The van der Waals surface area contributed by atoms with Crippen LogP contribution >= 0.6 is 22.3 Å². The summed E-state index contributed by atoms with van der Waals surface area (Å²) < 4.78 is 28.1. The molecule has 1 aromatic rings. The minimum atomic E-state index is -4.01. The Kier molecular flexibility index (Phi) is 3.85. The summed E-state index contributed by atoms with van der Waals surface area (Å²) in [5, 5.41) is -0.271. The standard InChI is InChI=1S/C12H12Cl2N2O4S/c13-9-3-4-10(21(14,18)19)15-11(9)12(17)16-7-1-2-8(16)6-20-5-7/h3-4,7-8H,1-2,5-6H2. The molecule has 2 saturated heterocycles. The van der Waals surface area contributed by atoms with E-state index in [0.29, 0.717) is 13.2 Å². The molecule has 3 heterocycles. The van der Waals surface area contributed by atoms with Gasteiger partial charge >= 0.3 is 0 Å². The van der Waals surface area contributed by atoms with E-state index in [0.717, 1.165) is 12.8 Å². The molecule has 3 rings (SSSR count). The van der Waals surface area contributed by atoms with Gasteiger partial charge < -0.3 is 9.64 Å². The number of nitrogens with zero attached hydrogens (tertiary/aromatic N) is 2. The first-order valence-corrected chi connectivity index (χ1v) is 9.08. The topological polar surface area (TPSA) is 76.6 Å². The Morgan fingerprint density at radius 3 is 2.48 bits per heavy atom. The molecule has 2 bridgehead atoms. The maximum absolute atomic E-state index is 12.6. The van der Waals surface area contributed by atoms with Crippen LogP contribution in [0.5, 0.6) is 0 Å². The van der Waals surface area contributed by atoms with E-state index in [4.69, 9.17) is 27.0 Å². The summed E-state index contributed by atoms with van der Waals surface area (Å²) in [6.45, 7) is 0.959. The molecule has 1 amide bonds. The minimum absolute atomic E-state index is 0.00891. The second kappa shape index (κ2) is 5.39. The van der Waals surface area contributed by atoms with Gasteiger partial charge in [-0.05, 0) is 25.0 Å². The van der Waals surface area contributed by atoms with Gasteiger partial charge in [-0.2, -0.15) is 0 Å². The van der Waals surface area contributed by atoms with Gasteiger partial charge in [0.15, 0.2) is 5.03 Å². The van der Waals surface area contributed by atoms with Crippen molar-refractivity contribution in [1.29, 1.82) is 0 Å². The van der Waals surface area contributed by atoms with Crippen molar-refractivity contribution in [2.75, 3.05) is 13.2 Å². The number of rotatable bonds is 2. The van der Waals surface area contributed by atoms with Crippen molar-refractivity contribution < 1.29 is 17.9 Å². The Morgan fingerprint density at radius 2 is 1.90 bits per heavy atom. The van der Waals surface area contributed by atoms with E-state index in [-0.39, 0.29) is 33.7 Å². The van der Waals surface area contributed by atoms with Crippen molar-refractivity contribution >= 4 is 37.2 Å². The number of fused-ring (bicyclic) bond motifs is 2. The predicted octanol–water partition coefficient (Wildman–Crippen LogP) is 1.67. The zero-order valence-corrected chi connectivity index (χ0v) is 13.2. The Hall–Kier alpha value is -0.890. The number of morpholine rings is 1. The molecule has 0 radical (unpaired) electrons. The van der Waals surface area contributed by atoms with Crippen molar-refractivity contribution in [3.63, 3.8) is 0 Å². The lowest BCUT2D eigenvalue weighted by Crippen LogP contribution is -2.49. The van der Waals surface area contributed by atoms with Crippen molar-refractivity contribution in [2.45, 2.75) is 30.0 Å². The fourth-order valence-electron chi connectivity index (χ4n) is 2.79. The summed E-state index contributed by atoms with van der Waals surface area (Å²) in [6, 6.07) is 2.48. The third-order valence-electron chi connectivity index (χ3n) is 3.75. The first-order valence-electron chi connectivity index (χ1n) is 6.39. The molecule has 9 heteroatoms. The van der Waals surface area contributed by atoms with Gasteiger partial charge in [0, 0.05) is 10.7 Å². The Labute approximate surface area is 131 Å². The van der Waals surface area contributed by atoms with Gasteiger partial charge in [0.05, 0.1) is 30.3 Å². The molecule has 114 valence electrons. The van der Waals surface area contributed by atoms with Crippen LogP contribution in [0.15, 0.2) is 17.2 Å². The lowest BCUT2D eigenvalue weighted by molar-refractivity contribution is -0.00748. The first kappa shape index (κ1) is 15.0. The quantitative estimate of drug-likeness (QED) is 0.758. The number of carbonyl (C=O) groups is 1. The third kappa shape index (κ3) is 2.75. The molecule has 0 N–H and O–H groups in total. The predicted molar refractivity (Wildman–Crippen MR) is 76.1 cm³/mol. The Bertz CT molecular complexity index is 678. The summed E-state index contributed by atoms with van der Waals surface area (Å²) in [5.41, 5.74) is -0.0859. The van der Waals surface area contributed by atoms with Crippen LogP contribution < -0.4 is 0 Å². The number of amides is 1. The molecule has 0 spiro atoms. The van der Waals surface area contributed by atoms with Gasteiger partial charge in [-0.25, -0.2) is 13.4 Å². The summed E-state index contributed by atoms with van der Waals surface area (Å²) in [6.07, 6.45) is 1.73. The highest BCUT2D eigenvalue weighted by atomic mass is 35.7. The minimum Gasteiger partial charge on any atom is -0.377 e. The number of ether oxygens (including phenoxy) is 1. The number of carbonyl (C=O) groups excluding carboxylic acids is 1. The molecule has 2 unspecified atom stereocenters. The van der Waals surface area contributed by atoms with Crippen LogP contribution in [0.2, 0.25) is 5.02 Å². The molecular formula is C12H12Cl2N2O4S. The molecule has 0 saturated carbocycles. The summed E-state index contributed by atoms with van der Waals surface area (Å²) in [4.78, 5) is 18.2. The molecule has 0 aromatic carbocycles. The van der Waals surface area contributed by atoms with Crippen LogP contribution in [0.4, 0.5) is 0 Å². The van der Waals surface area contributed by atoms with Gasteiger partial charge in [0.2, 0.25) is 0 Å². The van der Waals surface area contributed by atoms with Crippen LogP contribution in [-0.2, 0) is 13.8 Å². The van der Waals surface area contributed by atoms with Crippen molar-refractivity contribution in [1.82, 2.24) is 9.88 Å². The molecular weight excluding hydrogens is 339 g/mol. The number of hydrogen-bond acceptors (Lipinski definition) is 5. The Morgan fingerprint density at radius 1 is 1.29 bits per heavy atom. The summed E-state index contributed by atoms with van der Waals surface area (Å²) in [5.74, 6) is -0.377.